The van der Waals surface area contributed by atoms with Crippen molar-refractivity contribution in [2.24, 2.45) is 0 Å². The summed E-state index contributed by atoms with van der Waals surface area (Å²) in [5.41, 5.74) is 2.14. The molecule has 24 heavy (non-hydrogen) atoms. The molecule has 5 nitrogen and oxygen atoms in total. The Morgan fingerprint density at radius 2 is 1.12 bits per heavy atom. The number of nitrogens with zero attached hydrogens (tertiary/aromatic N) is 3. The summed E-state index contributed by atoms with van der Waals surface area (Å²) in [6.45, 7) is 1.78. The smallest absolute Gasteiger partial charge is 0.284 e. The number of carbonyl (C=O) groups is 2. The van der Waals surface area contributed by atoms with Gasteiger partial charge in [-0.25, -0.2) is 10.0 Å². The Kier molecular flexibility index (Phi) is 4.08. The van der Waals surface area contributed by atoms with Gasteiger partial charge in [0.1, 0.15) is 5.57 Å². The summed E-state index contributed by atoms with van der Waals surface area (Å²) in [6, 6.07) is 18.4. The van der Waals surface area contributed by atoms with E-state index in [1.54, 1.807) is 11.8 Å². The van der Waals surface area contributed by atoms with Crippen LogP contribution < -0.4 is 10.0 Å². The van der Waals surface area contributed by atoms with Gasteiger partial charge in [0.15, 0.2) is 0 Å². The largest absolute Gasteiger partial charge is 0.380 e. The monoisotopic (exact) mass is 321 g/mol. The van der Waals surface area contributed by atoms with Crippen molar-refractivity contribution in [3.05, 3.63) is 71.9 Å². The minimum absolute atomic E-state index is 0.188. The standard InChI is InChI=1S/C19H19N3O2/c1-14(20(2)3)17-18(23)21(15-10-6-4-7-11-15)22(19(17)24)16-12-8-5-9-13-16/h4-13H,1-3H3. The van der Waals surface area contributed by atoms with E-state index in [0.29, 0.717) is 17.1 Å². The summed E-state index contributed by atoms with van der Waals surface area (Å²) in [5, 5.41) is 2.86. The molecule has 0 aromatic heterocycles. The minimum Gasteiger partial charge on any atom is -0.380 e. The molecule has 1 aliphatic rings. The minimum atomic E-state index is -0.318. The Morgan fingerprint density at radius 3 is 1.46 bits per heavy atom. The van der Waals surface area contributed by atoms with E-state index < -0.39 is 0 Å². The van der Waals surface area contributed by atoms with Crippen LogP contribution in [0.15, 0.2) is 71.9 Å². The molecular weight excluding hydrogens is 302 g/mol. The molecule has 0 unspecified atom stereocenters. The van der Waals surface area contributed by atoms with Crippen LogP contribution >= 0.6 is 0 Å². The Labute approximate surface area is 141 Å². The Balaban J connectivity index is 2.19. The number of para-hydroxylation sites is 2. The van der Waals surface area contributed by atoms with Crippen LogP contribution in [0.4, 0.5) is 11.4 Å². The number of allylic oxidation sites excluding steroid dienone is 1. The maximum absolute atomic E-state index is 13.0. The summed E-state index contributed by atoms with van der Waals surface area (Å²) in [6.07, 6.45) is 0. The van der Waals surface area contributed by atoms with E-state index in [1.807, 2.05) is 74.8 Å². The SMILES string of the molecule is CC(=C1C(=O)N(c2ccccc2)N(c2ccccc2)C1=O)N(C)C. The Hall–Kier alpha value is -3.08. The van der Waals surface area contributed by atoms with E-state index in [2.05, 4.69) is 0 Å². The number of hydrazine groups is 1. The van der Waals surface area contributed by atoms with Crippen LogP contribution in [-0.4, -0.2) is 30.8 Å². The van der Waals surface area contributed by atoms with Crippen molar-refractivity contribution in [1.29, 1.82) is 0 Å². The highest BCUT2D eigenvalue weighted by Crippen LogP contribution is 2.32. The molecule has 1 heterocycles. The molecule has 0 N–H and O–H groups in total. The summed E-state index contributed by atoms with van der Waals surface area (Å²) >= 11 is 0. The molecule has 0 bridgehead atoms. The normalized spacial score (nSPS) is 14.4. The average molecular weight is 321 g/mol. The van der Waals surface area contributed by atoms with Crippen LogP contribution in [0.2, 0.25) is 0 Å². The van der Waals surface area contributed by atoms with Crippen LogP contribution in [0.3, 0.4) is 0 Å². The van der Waals surface area contributed by atoms with Gasteiger partial charge in [-0.3, -0.25) is 9.59 Å². The fourth-order valence-corrected chi connectivity index (χ4v) is 2.62. The van der Waals surface area contributed by atoms with Gasteiger partial charge in [0.25, 0.3) is 11.8 Å². The van der Waals surface area contributed by atoms with E-state index >= 15 is 0 Å². The fraction of sp³-hybridized carbons (Fsp3) is 0.158. The van der Waals surface area contributed by atoms with E-state index in [0.717, 1.165) is 0 Å². The van der Waals surface area contributed by atoms with Gasteiger partial charge in [0.05, 0.1) is 11.4 Å². The van der Waals surface area contributed by atoms with Crippen molar-refractivity contribution in [3.63, 3.8) is 0 Å². The van der Waals surface area contributed by atoms with Crippen molar-refractivity contribution in [1.82, 2.24) is 4.90 Å². The highest BCUT2D eigenvalue weighted by atomic mass is 16.2. The predicted octanol–water partition coefficient (Wildman–Crippen LogP) is 2.82. The van der Waals surface area contributed by atoms with E-state index in [9.17, 15) is 9.59 Å². The molecule has 2 amide bonds. The maximum atomic E-state index is 13.0. The summed E-state index contributed by atoms with van der Waals surface area (Å²) in [4.78, 5) is 27.8. The van der Waals surface area contributed by atoms with Crippen LogP contribution in [0.25, 0.3) is 0 Å². The first-order chi connectivity index (χ1) is 11.5. The summed E-state index contributed by atoms with van der Waals surface area (Å²) in [7, 11) is 3.64. The molecule has 0 spiro atoms. The van der Waals surface area contributed by atoms with Crippen LogP contribution in [0, 0.1) is 0 Å². The molecule has 2 aromatic carbocycles. The topological polar surface area (TPSA) is 43.9 Å². The van der Waals surface area contributed by atoms with E-state index in [1.165, 1.54) is 10.0 Å². The molecule has 0 saturated carbocycles. The number of benzene rings is 2. The first kappa shape index (κ1) is 15.8. The molecule has 2 aromatic rings. The van der Waals surface area contributed by atoms with E-state index in [-0.39, 0.29) is 17.4 Å². The number of hydrogen-bond acceptors (Lipinski definition) is 3. The molecular formula is C19H19N3O2. The number of hydrogen-bond donors (Lipinski definition) is 0. The second kappa shape index (κ2) is 6.20. The third-order valence-corrected chi connectivity index (χ3v) is 4.05. The van der Waals surface area contributed by atoms with Crippen molar-refractivity contribution in [2.45, 2.75) is 6.92 Å². The van der Waals surface area contributed by atoms with Gasteiger partial charge in [-0.1, -0.05) is 36.4 Å². The lowest BCUT2D eigenvalue weighted by Gasteiger charge is -2.27. The van der Waals surface area contributed by atoms with Gasteiger partial charge in [0.2, 0.25) is 0 Å². The average Bonchev–Trinajstić information content (AvgIpc) is 2.86. The first-order valence-corrected chi connectivity index (χ1v) is 7.69. The van der Waals surface area contributed by atoms with E-state index in [4.69, 9.17) is 0 Å². The van der Waals surface area contributed by atoms with Crippen LogP contribution in [0.1, 0.15) is 6.92 Å². The molecule has 1 aliphatic heterocycles. The van der Waals surface area contributed by atoms with Gasteiger partial charge in [0, 0.05) is 19.8 Å². The molecule has 0 radical (unpaired) electrons. The second-order valence-electron chi connectivity index (χ2n) is 5.76. The maximum Gasteiger partial charge on any atom is 0.284 e. The molecule has 1 fully saturated rings. The van der Waals surface area contributed by atoms with Crippen molar-refractivity contribution < 1.29 is 9.59 Å². The third kappa shape index (κ3) is 2.54. The lowest BCUT2D eigenvalue weighted by Crippen LogP contribution is -2.41. The Morgan fingerprint density at radius 1 is 0.750 bits per heavy atom. The molecule has 0 atom stereocenters. The molecule has 0 aliphatic carbocycles. The quantitative estimate of drug-likeness (QED) is 0.645. The lowest BCUT2D eigenvalue weighted by molar-refractivity contribution is -0.116. The zero-order valence-corrected chi connectivity index (χ0v) is 13.9. The third-order valence-electron chi connectivity index (χ3n) is 4.05. The highest BCUT2D eigenvalue weighted by molar-refractivity contribution is 6.36. The van der Waals surface area contributed by atoms with Crippen molar-refractivity contribution >= 4 is 23.2 Å². The fourth-order valence-electron chi connectivity index (χ4n) is 2.62. The highest BCUT2D eigenvalue weighted by Gasteiger charge is 2.44. The van der Waals surface area contributed by atoms with Gasteiger partial charge in [-0.15, -0.1) is 0 Å². The second-order valence-corrected chi connectivity index (χ2v) is 5.76. The van der Waals surface area contributed by atoms with Crippen molar-refractivity contribution in [3.8, 4) is 0 Å². The summed E-state index contributed by atoms with van der Waals surface area (Å²) in [5.74, 6) is -0.637. The van der Waals surface area contributed by atoms with Crippen LogP contribution in [-0.2, 0) is 9.59 Å². The molecule has 122 valence electrons. The molecule has 5 heteroatoms. The van der Waals surface area contributed by atoms with Gasteiger partial charge in [-0.05, 0) is 31.2 Å². The van der Waals surface area contributed by atoms with Gasteiger partial charge < -0.3 is 4.90 Å². The predicted molar refractivity (Wildman–Crippen MR) is 94.2 cm³/mol. The van der Waals surface area contributed by atoms with Gasteiger partial charge in [-0.2, -0.15) is 0 Å². The molecule has 3 rings (SSSR count). The summed E-state index contributed by atoms with van der Waals surface area (Å²) < 4.78 is 0. The lowest BCUT2D eigenvalue weighted by atomic mass is 10.2. The zero-order valence-electron chi connectivity index (χ0n) is 13.9. The van der Waals surface area contributed by atoms with Crippen molar-refractivity contribution in [2.75, 3.05) is 24.1 Å². The Bertz CT molecular complexity index is 738. The number of carbonyl (C=O) groups excluding carboxylic acids is 2. The molecule has 1 saturated heterocycles. The first-order valence-electron chi connectivity index (χ1n) is 7.69. The number of amides is 2. The van der Waals surface area contributed by atoms with Crippen LogP contribution in [0.5, 0.6) is 0 Å². The number of rotatable bonds is 3. The van der Waals surface area contributed by atoms with Gasteiger partial charge >= 0.3 is 0 Å². The zero-order chi connectivity index (χ0) is 17.3. The number of anilines is 2.